The third kappa shape index (κ3) is 9.21. The van der Waals surface area contributed by atoms with Gasteiger partial charge in [0, 0.05) is 24.7 Å². The van der Waals surface area contributed by atoms with Crippen molar-refractivity contribution in [2.24, 2.45) is 39.2 Å². The number of hydrogen-bond donors (Lipinski definition) is 4. The van der Waals surface area contributed by atoms with Crippen LogP contribution in [-0.4, -0.2) is 85.9 Å². The lowest BCUT2D eigenvalue weighted by Crippen LogP contribution is -2.61. The molecule has 0 aromatic carbocycles. The van der Waals surface area contributed by atoms with E-state index in [2.05, 4.69) is 71.0 Å². The highest BCUT2D eigenvalue weighted by Crippen LogP contribution is 2.88. The minimum Gasteiger partial charge on any atom is -0.390 e. The van der Waals surface area contributed by atoms with Gasteiger partial charge in [-0.3, -0.25) is 14.4 Å². The lowest BCUT2D eigenvalue weighted by molar-refractivity contribution is -0.144. The molecule has 1 heterocycles. The summed E-state index contributed by atoms with van der Waals surface area (Å²) in [7, 11) is 7.85. The van der Waals surface area contributed by atoms with Gasteiger partial charge in [0.15, 0.2) is 0 Å². The lowest BCUT2D eigenvalue weighted by Gasteiger charge is -2.37. The summed E-state index contributed by atoms with van der Waals surface area (Å²) in [5.41, 5.74) is 6.47. The molecule has 0 radical (unpaired) electrons. The predicted octanol–water partition coefficient (Wildman–Crippen LogP) is 7.25. The van der Waals surface area contributed by atoms with Crippen molar-refractivity contribution in [2.75, 3.05) is 34.7 Å². The molecule has 3 amide bonds. The van der Waals surface area contributed by atoms with Crippen molar-refractivity contribution in [1.82, 2.24) is 25.8 Å². The Morgan fingerprint density at radius 3 is 1.81 bits per heavy atom. The molecule has 5 fully saturated rings. The molecule has 1 aliphatic heterocycles. The summed E-state index contributed by atoms with van der Waals surface area (Å²) < 4.78 is 0. The first-order chi connectivity index (χ1) is 24.2. The highest BCUT2D eigenvalue weighted by molar-refractivity contribution is 5.95. The van der Waals surface area contributed by atoms with Gasteiger partial charge < -0.3 is 31.5 Å². The maximum Gasteiger partial charge on any atom is 0.246 e. The van der Waals surface area contributed by atoms with Gasteiger partial charge in [0.1, 0.15) is 12.1 Å². The van der Waals surface area contributed by atoms with Gasteiger partial charge in [-0.05, 0) is 87.7 Å². The molecule has 1 saturated heterocycles. The van der Waals surface area contributed by atoms with Crippen molar-refractivity contribution in [2.45, 2.75) is 176 Å². The Morgan fingerprint density at radius 2 is 1.42 bits per heavy atom. The fraction of sp³-hybridized carbons (Fsp3) is 0.884. The highest BCUT2D eigenvalue weighted by Gasteiger charge is 2.85. The van der Waals surface area contributed by atoms with Gasteiger partial charge in [-0.15, -0.1) is 0 Å². The summed E-state index contributed by atoms with van der Waals surface area (Å²) in [5.74, 6) is -0.0253. The van der Waals surface area contributed by atoms with E-state index < -0.39 is 29.1 Å². The Bertz CT molecular complexity index is 1190. The molecular weight excluding hydrogens is 649 g/mol. The third-order valence-electron chi connectivity index (χ3n) is 13.0. The Labute approximate surface area is 319 Å². The standard InChI is InChI=1S/C34H57N5O3.C3H9N.2C3H8/c1-9-23-18-34(23,21(2)36-8)38-27(40)24-19-33(31(6,7)32(33)16-13-17-32)20-39(24)29(42)26(30(3,4)5)37-28(41)25(35)22-14-11-10-12-15-22;1-4(2)3;2*1-3-2/h22-26,36H,2,9-20,35H2,1,3-8H3,(H,37,41)(H,38,40);1-3H3;2*3H2,1-2H3/t23-,24?,25?,26-,33?,34+;;;/m1.../s1. The van der Waals surface area contributed by atoms with Gasteiger partial charge in [0.05, 0.1) is 11.6 Å². The van der Waals surface area contributed by atoms with Crippen LogP contribution in [0.1, 0.15) is 153 Å². The summed E-state index contributed by atoms with van der Waals surface area (Å²) in [6, 6.07) is -1.97. The van der Waals surface area contributed by atoms with E-state index in [1.807, 2.05) is 58.8 Å². The largest absolute Gasteiger partial charge is 0.390 e. The molecule has 4 aliphatic carbocycles. The summed E-state index contributed by atoms with van der Waals surface area (Å²) in [6.45, 7) is 26.1. The van der Waals surface area contributed by atoms with Crippen molar-refractivity contribution >= 4 is 17.7 Å². The highest BCUT2D eigenvalue weighted by atomic mass is 16.2. The van der Waals surface area contributed by atoms with Gasteiger partial charge >= 0.3 is 0 Å². The second kappa shape index (κ2) is 18.5. The Balaban J connectivity index is 0.000000838. The molecule has 6 atom stereocenters. The molecule has 52 heavy (non-hydrogen) atoms. The second-order valence-corrected chi connectivity index (χ2v) is 18.8. The third-order valence-corrected chi connectivity index (χ3v) is 13.0. The summed E-state index contributed by atoms with van der Waals surface area (Å²) in [6.07, 6.45) is 13.8. The van der Waals surface area contributed by atoms with Crippen LogP contribution in [0.5, 0.6) is 0 Å². The molecular formula is C43H82N6O3. The molecule has 9 nitrogen and oxygen atoms in total. The molecule has 302 valence electrons. The smallest absolute Gasteiger partial charge is 0.246 e. The van der Waals surface area contributed by atoms with Crippen LogP contribution in [0.3, 0.4) is 0 Å². The van der Waals surface area contributed by atoms with Gasteiger partial charge in [0.2, 0.25) is 17.7 Å². The molecule has 5 rings (SSSR count). The van der Waals surface area contributed by atoms with E-state index in [1.165, 1.54) is 25.7 Å². The average Bonchev–Trinajstić information content (AvgIpc) is 3.77. The average molecular weight is 731 g/mol. The number of amides is 3. The maximum absolute atomic E-state index is 14.6. The molecule has 5 N–H and O–H groups in total. The molecule has 3 unspecified atom stereocenters. The maximum atomic E-state index is 14.6. The number of hydrogen-bond acceptors (Lipinski definition) is 6. The second-order valence-electron chi connectivity index (χ2n) is 18.8. The van der Waals surface area contributed by atoms with Crippen LogP contribution < -0.4 is 21.7 Å². The number of likely N-dealkylation sites (tertiary alicyclic amines) is 1. The van der Waals surface area contributed by atoms with E-state index >= 15 is 0 Å². The zero-order valence-electron chi connectivity index (χ0n) is 36.2. The van der Waals surface area contributed by atoms with E-state index in [4.69, 9.17) is 5.73 Å². The molecule has 2 spiro atoms. The van der Waals surface area contributed by atoms with Gasteiger partial charge in [0.25, 0.3) is 0 Å². The minimum absolute atomic E-state index is 0.0629. The van der Waals surface area contributed by atoms with Crippen molar-refractivity contribution in [3.05, 3.63) is 12.3 Å². The van der Waals surface area contributed by atoms with Crippen molar-refractivity contribution in [3.8, 4) is 0 Å². The van der Waals surface area contributed by atoms with Crippen molar-refractivity contribution < 1.29 is 14.4 Å². The summed E-state index contributed by atoms with van der Waals surface area (Å²) >= 11 is 0. The van der Waals surface area contributed by atoms with Crippen LogP contribution >= 0.6 is 0 Å². The number of carbonyl (C=O) groups excluding carboxylic acids is 3. The fourth-order valence-corrected chi connectivity index (χ4v) is 9.77. The number of nitrogens with one attached hydrogen (secondary N) is 3. The molecule has 0 aromatic heterocycles. The van der Waals surface area contributed by atoms with Crippen molar-refractivity contribution in [3.63, 3.8) is 0 Å². The summed E-state index contributed by atoms with van der Waals surface area (Å²) in [5, 5.41) is 9.66. The van der Waals surface area contributed by atoms with Crippen LogP contribution in [0.15, 0.2) is 12.3 Å². The predicted molar refractivity (Wildman–Crippen MR) is 218 cm³/mol. The van der Waals surface area contributed by atoms with Crippen LogP contribution in [0.2, 0.25) is 0 Å². The van der Waals surface area contributed by atoms with Gasteiger partial charge in [-0.1, -0.05) is 121 Å². The number of carbonyl (C=O) groups is 3. The number of fused-ring (bicyclic) bond motifs is 1. The molecule has 9 heteroatoms. The van der Waals surface area contributed by atoms with Crippen LogP contribution in [0.4, 0.5) is 0 Å². The first-order valence-corrected chi connectivity index (χ1v) is 20.8. The number of nitrogens with two attached hydrogens (primary N) is 1. The lowest BCUT2D eigenvalue weighted by atomic mass is 9.73. The monoisotopic (exact) mass is 731 g/mol. The van der Waals surface area contributed by atoms with Crippen molar-refractivity contribution in [1.29, 1.82) is 0 Å². The molecule has 4 saturated carbocycles. The minimum atomic E-state index is -0.769. The first kappa shape index (κ1) is 46.0. The zero-order chi connectivity index (χ0) is 39.9. The van der Waals surface area contributed by atoms with Crippen LogP contribution in [0, 0.1) is 33.5 Å². The number of nitrogens with zero attached hydrogens (tertiary/aromatic N) is 2. The quantitative estimate of drug-likeness (QED) is 0.199. The summed E-state index contributed by atoms with van der Waals surface area (Å²) in [4.78, 5) is 46.3. The zero-order valence-corrected chi connectivity index (χ0v) is 36.2. The van der Waals surface area contributed by atoms with E-state index in [1.54, 1.807) is 0 Å². The Hall–Kier alpha value is -2.13. The van der Waals surface area contributed by atoms with E-state index in [9.17, 15) is 14.4 Å². The van der Waals surface area contributed by atoms with E-state index in [-0.39, 0.29) is 39.9 Å². The Morgan fingerprint density at radius 1 is 0.904 bits per heavy atom. The van der Waals surface area contributed by atoms with Gasteiger partial charge in [-0.25, -0.2) is 0 Å². The number of likely N-dealkylation sites (N-methyl/N-ethyl adjacent to an activating group) is 1. The Kier molecular flexibility index (Phi) is 16.3. The van der Waals surface area contributed by atoms with E-state index in [0.29, 0.717) is 18.9 Å². The molecule has 5 aliphatic rings. The van der Waals surface area contributed by atoms with Crippen LogP contribution in [0.25, 0.3) is 0 Å². The van der Waals surface area contributed by atoms with Gasteiger partial charge in [-0.2, -0.15) is 0 Å². The molecule has 0 aromatic rings. The van der Waals surface area contributed by atoms with E-state index in [0.717, 1.165) is 57.1 Å². The van der Waals surface area contributed by atoms with Crippen LogP contribution in [-0.2, 0) is 14.4 Å². The topological polar surface area (TPSA) is 120 Å². The number of rotatable bonds is 9. The fourth-order valence-electron chi connectivity index (χ4n) is 9.77. The molecule has 0 bridgehead atoms. The normalized spacial score (nSPS) is 29.1. The SMILES string of the molecule is C=C(NC)[C@@]1(NC(=O)C2CC3(CN2C(=O)[C@@H](NC(=O)C(N)C2CCCCC2)C(C)(C)C)C(C)(C)C32CCC2)C[C@H]1CC.CCC.CCC.CN(C)C. The first-order valence-electron chi connectivity index (χ1n) is 20.8.